The lowest BCUT2D eigenvalue weighted by molar-refractivity contribution is 0.0518. The number of hydrogen-bond acceptors (Lipinski definition) is 4. The third-order valence-corrected chi connectivity index (χ3v) is 4.65. The van der Waals surface area contributed by atoms with Crippen molar-refractivity contribution in [3.05, 3.63) is 77.1 Å². The molecule has 0 aliphatic rings. The highest BCUT2D eigenvalue weighted by molar-refractivity contribution is 6.15. The molecule has 5 heteroatoms. The Morgan fingerprint density at radius 3 is 2.56 bits per heavy atom. The third-order valence-electron chi connectivity index (χ3n) is 4.65. The lowest BCUT2D eigenvalue weighted by atomic mass is 10.00. The minimum absolute atomic E-state index is 0.0378. The second-order valence-electron chi connectivity index (χ2n) is 6.32. The minimum Gasteiger partial charge on any atom is -0.461 e. The van der Waals surface area contributed by atoms with Gasteiger partial charge < -0.3 is 9.72 Å². The molecule has 0 aliphatic carbocycles. The molecule has 4 aromatic rings. The first kappa shape index (κ1) is 17.0. The van der Waals surface area contributed by atoms with Crippen LogP contribution in [0.2, 0.25) is 0 Å². The van der Waals surface area contributed by atoms with Crippen molar-refractivity contribution in [2.75, 3.05) is 6.61 Å². The summed E-state index contributed by atoms with van der Waals surface area (Å²) in [5, 5.41) is 1.77. The Labute approximate surface area is 156 Å². The summed E-state index contributed by atoms with van der Waals surface area (Å²) in [5.41, 5.74) is 3.98. The van der Waals surface area contributed by atoms with E-state index in [2.05, 4.69) is 9.97 Å². The Balaban J connectivity index is 1.89. The van der Waals surface area contributed by atoms with Crippen LogP contribution in [0.15, 0.2) is 54.7 Å². The van der Waals surface area contributed by atoms with Gasteiger partial charge in [-0.15, -0.1) is 0 Å². The average molecular weight is 358 g/mol. The second kappa shape index (κ2) is 6.68. The van der Waals surface area contributed by atoms with Gasteiger partial charge in [0.05, 0.1) is 18.3 Å². The van der Waals surface area contributed by atoms with Gasteiger partial charge in [-0.25, -0.2) is 9.78 Å². The molecule has 0 radical (unpaired) electrons. The smallest absolute Gasteiger partial charge is 0.357 e. The van der Waals surface area contributed by atoms with Crippen LogP contribution >= 0.6 is 0 Å². The van der Waals surface area contributed by atoms with Crippen molar-refractivity contribution in [3.63, 3.8) is 0 Å². The van der Waals surface area contributed by atoms with Crippen molar-refractivity contribution in [1.29, 1.82) is 0 Å². The van der Waals surface area contributed by atoms with Crippen LogP contribution in [-0.2, 0) is 4.74 Å². The molecule has 0 fully saturated rings. The van der Waals surface area contributed by atoms with E-state index in [4.69, 9.17) is 4.74 Å². The number of carbonyl (C=O) groups excluding carboxylic acids is 2. The SMILES string of the molecule is CCOC(=O)c1ncc2[nH]c3ccc(C(=O)c4ccccc4)cc3c2c1C. The van der Waals surface area contributed by atoms with E-state index < -0.39 is 5.97 Å². The summed E-state index contributed by atoms with van der Waals surface area (Å²) in [4.78, 5) is 32.5. The molecular formula is C22H18N2O3. The van der Waals surface area contributed by atoms with Crippen LogP contribution in [0, 0.1) is 6.92 Å². The standard InChI is InChI=1S/C22H18N2O3/c1-3-27-22(26)20-13(2)19-16-11-15(21(25)14-7-5-4-6-8-14)9-10-17(16)24-18(19)12-23-20/h4-12,24H,3H2,1-2H3. The number of ketones is 1. The van der Waals surface area contributed by atoms with Crippen LogP contribution in [0.3, 0.4) is 0 Å². The predicted molar refractivity (Wildman–Crippen MR) is 104 cm³/mol. The van der Waals surface area contributed by atoms with E-state index in [1.165, 1.54) is 0 Å². The van der Waals surface area contributed by atoms with E-state index in [0.717, 1.165) is 27.4 Å². The van der Waals surface area contributed by atoms with Gasteiger partial charge in [-0.1, -0.05) is 30.3 Å². The zero-order chi connectivity index (χ0) is 19.0. The van der Waals surface area contributed by atoms with E-state index in [1.54, 1.807) is 25.3 Å². The number of rotatable bonds is 4. The van der Waals surface area contributed by atoms with Gasteiger partial charge in [0.15, 0.2) is 11.5 Å². The van der Waals surface area contributed by atoms with Crippen molar-refractivity contribution in [2.24, 2.45) is 0 Å². The molecule has 0 spiro atoms. The highest BCUT2D eigenvalue weighted by atomic mass is 16.5. The maximum atomic E-state index is 12.8. The number of aromatic nitrogens is 2. The number of aryl methyl sites for hydroxylation is 1. The quantitative estimate of drug-likeness (QED) is 0.433. The number of ether oxygens (including phenoxy) is 1. The van der Waals surface area contributed by atoms with E-state index in [0.29, 0.717) is 23.4 Å². The number of carbonyl (C=O) groups is 2. The number of esters is 1. The van der Waals surface area contributed by atoms with Crippen molar-refractivity contribution in [1.82, 2.24) is 9.97 Å². The number of nitrogens with one attached hydrogen (secondary N) is 1. The van der Waals surface area contributed by atoms with Crippen LogP contribution < -0.4 is 0 Å². The summed E-state index contributed by atoms with van der Waals surface area (Å²) >= 11 is 0. The lowest BCUT2D eigenvalue weighted by Crippen LogP contribution is -2.09. The lowest BCUT2D eigenvalue weighted by Gasteiger charge is -2.06. The Kier molecular flexibility index (Phi) is 4.20. The molecule has 0 aliphatic heterocycles. The molecule has 134 valence electrons. The van der Waals surface area contributed by atoms with E-state index in [9.17, 15) is 9.59 Å². The summed E-state index contributed by atoms with van der Waals surface area (Å²) in [6.45, 7) is 3.90. The van der Waals surface area contributed by atoms with Crippen LogP contribution in [0.4, 0.5) is 0 Å². The van der Waals surface area contributed by atoms with Crippen LogP contribution in [0.25, 0.3) is 21.8 Å². The number of H-pyrrole nitrogens is 1. The Morgan fingerprint density at radius 1 is 1.04 bits per heavy atom. The molecule has 0 saturated heterocycles. The van der Waals surface area contributed by atoms with Gasteiger partial charge >= 0.3 is 5.97 Å². The van der Waals surface area contributed by atoms with Gasteiger partial charge in [0.2, 0.25) is 0 Å². The van der Waals surface area contributed by atoms with E-state index in [1.807, 2.05) is 43.3 Å². The number of nitrogens with zero attached hydrogens (tertiary/aromatic N) is 1. The van der Waals surface area contributed by atoms with Crippen molar-refractivity contribution in [2.45, 2.75) is 13.8 Å². The zero-order valence-electron chi connectivity index (χ0n) is 15.1. The minimum atomic E-state index is -0.442. The fourth-order valence-corrected chi connectivity index (χ4v) is 3.36. The Hall–Kier alpha value is -3.47. The number of benzene rings is 2. The van der Waals surface area contributed by atoms with Gasteiger partial charge in [-0.2, -0.15) is 0 Å². The number of pyridine rings is 1. The second-order valence-corrected chi connectivity index (χ2v) is 6.32. The maximum absolute atomic E-state index is 12.8. The van der Waals surface area contributed by atoms with Crippen molar-refractivity contribution in [3.8, 4) is 0 Å². The van der Waals surface area contributed by atoms with Gasteiger partial charge in [0.1, 0.15) is 0 Å². The van der Waals surface area contributed by atoms with Crippen molar-refractivity contribution >= 4 is 33.6 Å². The monoisotopic (exact) mass is 358 g/mol. The summed E-state index contributed by atoms with van der Waals surface area (Å²) in [6.07, 6.45) is 1.63. The fraction of sp³-hybridized carbons (Fsp3) is 0.136. The topological polar surface area (TPSA) is 72.0 Å². The molecule has 1 N–H and O–H groups in total. The van der Waals surface area contributed by atoms with Gasteiger partial charge in [-0.3, -0.25) is 4.79 Å². The van der Waals surface area contributed by atoms with Gasteiger partial charge in [-0.05, 0) is 37.6 Å². The van der Waals surface area contributed by atoms with Crippen LogP contribution in [-0.4, -0.2) is 28.3 Å². The fourth-order valence-electron chi connectivity index (χ4n) is 3.36. The molecule has 27 heavy (non-hydrogen) atoms. The van der Waals surface area contributed by atoms with Crippen LogP contribution in [0.1, 0.15) is 38.9 Å². The number of fused-ring (bicyclic) bond motifs is 3. The van der Waals surface area contributed by atoms with E-state index in [-0.39, 0.29) is 5.78 Å². The van der Waals surface area contributed by atoms with Gasteiger partial charge in [0, 0.05) is 27.4 Å². The molecule has 0 atom stereocenters. The van der Waals surface area contributed by atoms with Gasteiger partial charge in [0.25, 0.3) is 0 Å². The molecule has 0 bridgehead atoms. The van der Waals surface area contributed by atoms with Crippen LogP contribution in [0.5, 0.6) is 0 Å². The largest absolute Gasteiger partial charge is 0.461 e. The molecule has 2 heterocycles. The Morgan fingerprint density at radius 2 is 1.81 bits per heavy atom. The molecule has 0 unspecified atom stereocenters. The molecule has 2 aromatic heterocycles. The maximum Gasteiger partial charge on any atom is 0.357 e. The molecular weight excluding hydrogens is 340 g/mol. The van der Waals surface area contributed by atoms with E-state index >= 15 is 0 Å². The molecule has 5 nitrogen and oxygen atoms in total. The summed E-state index contributed by atoms with van der Waals surface area (Å²) in [5.74, 6) is -0.480. The molecule has 0 amide bonds. The molecule has 2 aromatic carbocycles. The highest BCUT2D eigenvalue weighted by Gasteiger charge is 2.18. The average Bonchev–Trinajstić information content (AvgIpc) is 3.07. The molecule has 4 rings (SSSR count). The zero-order valence-corrected chi connectivity index (χ0v) is 15.1. The summed E-state index contributed by atoms with van der Waals surface area (Å²) in [7, 11) is 0. The molecule has 0 saturated carbocycles. The Bertz CT molecular complexity index is 1180. The first-order chi connectivity index (χ1) is 13.1. The number of aromatic amines is 1. The first-order valence-electron chi connectivity index (χ1n) is 8.78. The third kappa shape index (κ3) is 2.87. The predicted octanol–water partition coefficient (Wildman–Crippen LogP) is 4.43. The highest BCUT2D eigenvalue weighted by Crippen LogP contribution is 2.30. The normalized spacial score (nSPS) is 11.0. The number of hydrogen-bond donors (Lipinski definition) is 1. The first-order valence-corrected chi connectivity index (χ1v) is 8.78. The summed E-state index contributed by atoms with van der Waals surface area (Å²) in [6, 6.07) is 14.7. The van der Waals surface area contributed by atoms with Crippen molar-refractivity contribution < 1.29 is 14.3 Å². The summed E-state index contributed by atoms with van der Waals surface area (Å²) < 4.78 is 5.10.